The fourth-order valence-electron chi connectivity index (χ4n) is 2.05. The molecule has 0 aliphatic carbocycles. The van der Waals surface area contributed by atoms with Crippen LogP contribution in [0.3, 0.4) is 0 Å². The first-order valence-electron chi connectivity index (χ1n) is 6.10. The van der Waals surface area contributed by atoms with Gasteiger partial charge in [0.2, 0.25) is 0 Å². The molecule has 2 aromatic rings. The monoisotopic (exact) mass is 257 g/mol. The molecule has 0 aromatic heterocycles. The maximum absolute atomic E-state index is 13.0. The van der Waals surface area contributed by atoms with Crippen molar-refractivity contribution >= 4 is 17.2 Å². The molecule has 0 heterocycles. The molecular formula is C15H16FN3. The van der Waals surface area contributed by atoms with Crippen LogP contribution < -0.4 is 10.6 Å². The summed E-state index contributed by atoms with van der Waals surface area (Å²) in [6.45, 7) is 2.70. The fourth-order valence-corrected chi connectivity index (χ4v) is 2.05. The highest BCUT2D eigenvalue weighted by molar-refractivity contribution is 6.01. The summed E-state index contributed by atoms with van der Waals surface area (Å²) < 4.78 is 13.0. The average Bonchev–Trinajstić information content (AvgIpc) is 2.42. The summed E-state index contributed by atoms with van der Waals surface area (Å²) in [5, 5.41) is 7.63. The molecule has 3 N–H and O–H groups in total. The second-order valence-electron chi connectivity index (χ2n) is 4.15. The molecule has 0 amide bonds. The standard InChI is InChI=1S/C15H16FN3/c1-2-19(12-9-7-11(16)8-10-12)14-6-4-3-5-13(14)15(17)18/h3-10H,2H2,1H3,(H3,17,18). The number of anilines is 2. The van der Waals surface area contributed by atoms with Crippen molar-refractivity contribution in [1.82, 2.24) is 0 Å². The van der Waals surface area contributed by atoms with Gasteiger partial charge in [-0.3, -0.25) is 5.41 Å². The Morgan fingerprint density at radius 1 is 1.16 bits per heavy atom. The van der Waals surface area contributed by atoms with Crippen LogP contribution in [-0.2, 0) is 0 Å². The lowest BCUT2D eigenvalue weighted by Crippen LogP contribution is -2.21. The Morgan fingerprint density at radius 2 is 1.79 bits per heavy atom. The number of para-hydroxylation sites is 1. The van der Waals surface area contributed by atoms with Gasteiger partial charge >= 0.3 is 0 Å². The molecule has 0 atom stereocenters. The normalized spacial score (nSPS) is 10.2. The third-order valence-electron chi connectivity index (χ3n) is 2.94. The predicted molar refractivity (Wildman–Crippen MR) is 76.5 cm³/mol. The van der Waals surface area contributed by atoms with Crippen molar-refractivity contribution in [3.05, 3.63) is 59.9 Å². The Kier molecular flexibility index (Phi) is 3.80. The molecule has 3 nitrogen and oxygen atoms in total. The molecule has 0 fully saturated rings. The number of nitrogens with two attached hydrogens (primary N) is 1. The van der Waals surface area contributed by atoms with Crippen molar-refractivity contribution in [2.24, 2.45) is 5.73 Å². The predicted octanol–water partition coefficient (Wildman–Crippen LogP) is 3.27. The zero-order valence-corrected chi connectivity index (χ0v) is 10.7. The number of halogens is 1. The van der Waals surface area contributed by atoms with Crippen LogP contribution in [-0.4, -0.2) is 12.4 Å². The second-order valence-corrected chi connectivity index (χ2v) is 4.15. The topological polar surface area (TPSA) is 53.1 Å². The molecule has 19 heavy (non-hydrogen) atoms. The Hall–Kier alpha value is -2.36. The minimum Gasteiger partial charge on any atom is -0.384 e. The third kappa shape index (κ3) is 2.73. The van der Waals surface area contributed by atoms with Gasteiger partial charge in [0.25, 0.3) is 0 Å². The first-order chi connectivity index (χ1) is 9.13. The van der Waals surface area contributed by atoms with E-state index in [0.29, 0.717) is 12.1 Å². The number of benzene rings is 2. The third-order valence-corrected chi connectivity index (χ3v) is 2.94. The van der Waals surface area contributed by atoms with Gasteiger partial charge in [-0.25, -0.2) is 4.39 Å². The minimum atomic E-state index is -0.264. The SMILES string of the molecule is CCN(c1ccc(F)cc1)c1ccccc1C(=N)N. The Labute approximate surface area is 112 Å². The first-order valence-corrected chi connectivity index (χ1v) is 6.10. The molecule has 0 aliphatic rings. The number of hydrogen-bond acceptors (Lipinski definition) is 2. The van der Waals surface area contributed by atoms with E-state index in [1.807, 2.05) is 36.1 Å². The quantitative estimate of drug-likeness (QED) is 0.652. The van der Waals surface area contributed by atoms with Gasteiger partial charge in [0.15, 0.2) is 0 Å². The largest absolute Gasteiger partial charge is 0.384 e. The van der Waals surface area contributed by atoms with E-state index < -0.39 is 0 Å². The molecule has 0 saturated carbocycles. The summed E-state index contributed by atoms with van der Waals surface area (Å²) in [5.74, 6) is -0.240. The summed E-state index contributed by atoms with van der Waals surface area (Å²) in [6.07, 6.45) is 0. The van der Waals surface area contributed by atoms with E-state index in [1.165, 1.54) is 12.1 Å². The van der Waals surface area contributed by atoms with E-state index in [2.05, 4.69) is 0 Å². The Balaban J connectivity index is 2.48. The average molecular weight is 257 g/mol. The van der Waals surface area contributed by atoms with Crippen LogP contribution in [0.2, 0.25) is 0 Å². The number of nitrogens with zero attached hydrogens (tertiary/aromatic N) is 1. The van der Waals surface area contributed by atoms with E-state index in [0.717, 1.165) is 11.4 Å². The summed E-state index contributed by atoms with van der Waals surface area (Å²) in [6, 6.07) is 13.7. The number of amidine groups is 1. The Bertz CT molecular complexity index is 578. The highest BCUT2D eigenvalue weighted by Crippen LogP contribution is 2.28. The molecule has 2 rings (SSSR count). The first kappa shape index (κ1) is 13.1. The van der Waals surface area contributed by atoms with Gasteiger partial charge in [-0.05, 0) is 43.3 Å². The molecular weight excluding hydrogens is 241 g/mol. The summed E-state index contributed by atoms with van der Waals surface area (Å²) >= 11 is 0. The van der Waals surface area contributed by atoms with Crippen LogP contribution >= 0.6 is 0 Å². The van der Waals surface area contributed by atoms with E-state index in [-0.39, 0.29) is 11.7 Å². The molecule has 0 spiro atoms. The molecule has 98 valence electrons. The van der Waals surface area contributed by atoms with Crippen molar-refractivity contribution in [1.29, 1.82) is 5.41 Å². The lowest BCUT2D eigenvalue weighted by Gasteiger charge is -2.25. The highest BCUT2D eigenvalue weighted by Gasteiger charge is 2.12. The van der Waals surface area contributed by atoms with Crippen LogP contribution in [0.1, 0.15) is 12.5 Å². The second kappa shape index (κ2) is 5.52. The molecule has 4 heteroatoms. The highest BCUT2D eigenvalue weighted by atomic mass is 19.1. The molecule has 0 saturated heterocycles. The number of nitrogen functional groups attached to an aromatic ring is 1. The molecule has 0 unspecified atom stereocenters. The zero-order valence-electron chi connectivity index (χ0n) is 10.7. The number of hydrogen-bond donors (Lipinski definition) is 2. The maximum Gasteiger partial charge on any atom is 0.124 e. The fraction of sp³-hybridized carbons (Fsp3) is 0.133. The van der Waals surface area contributed by atoms with Crippen LogP contribution in [0.15, 0.2) is 48.5 Å². The van der Waals surface area contributed by atoms with Crippen LogP contribution in [0, 0.1) is 11.2 Å². The van der Waals surface area contributed by atoms with E-state index in [9.17, 15) is 4.39 Å². The van der Waals surface area contributed by atoms with Gasteiger partial charge in [0.05, 0.1) is 5.69 Å². The smallest absolute Gasteiger partial charge is 0.124 e. The van der Waals surface area contributed by atoms with Gasteiger partial charge < -0.3 is 10.6 Å². The van der Waals surface area contributed by atoms with Gasteiger partial charge in [-0.15, -0.1) is 0 Å². The van der Waals surface area contributed by atoms with E-state index >= 15 is 0 Å². The van der Waals surface area contributed by atoms with Crippen LogP contribution in [0.5, 0.6) is 0 Å². The molecule has 2 aromatic carbocycles. The Morgan fingerprint density at radius 3 is 2.37 bits per heavy atom. The summed E-state index contributed by atoms with van der Waals surface area (Å²) in [5.41, 5.74) is 8.00. The van der Waals surface area contributed by atoms with Gasteiger partial charge in [-0.2, -0.15) is 0 Å². The van der Waals surface area contributed by atoms with Crippen LogP contribution in [0.4, 0.5) is 15.8 Å². The van der Waals surface area contributed by atoms with Crippen molar-refractivity contribution < 1.29 is 4.39 Å². The molecule has 0 aliphatic heterocycles. The number of rotatable bonds is 4. The minimum absolute atomic E-state index is 0.0242. The van der Waals surface area contributed by atoms with Crippen molar-refractivity contribution in [2.45, 2.75) is 6.92 Å². The molecule has 0 radical (unpaired) electrons. The number of nitrogens with one attached hydrogen (secondary N) is 1. The zero-order chi connectivity index (χ0) is 13.8. The maximum atomic E-state index is 13.0. The van der Waals surface area contributed by atoms with E-state index in [4.69, 9.17) is 11.1 Å². The van der Waals surface area contributed by atoms with Gasteiger partial charge in [0, 0.05) is 17.8 Å². The summed E-state index contributed by atoms with van der Waals surface area (Å²) in [4.78, 5) is 2.00. The van der Waals surface area contributed by atoms with Gasteiger partial charge in [0.1, 0.15) is 11.7 Å². The van der Waals surface area contributed by atoms with Crippen molar-refractivity contribution in [2.75, 3.05) is 11.4 Å². The lowest BCUT2D eigenvalue weighted by molar-refractivity contribution is 0.628. The summed E-state index contributed by atoms with van der Waals surface area (Å²) in [7, 11) is 0. The lowest BCUT2D eigenvalue weighted by atomic mass is 10.1. The van der Waals surface area contributed by atoms with E-state index in [1.54, 1.807) is 12.1 Å². The van der Waals surface area contributed by atoms with Crippen LogP contribution in [0.25, 0.3) is 0 Å². The van der Waals surface area contributed by atoms with Crippen molar-refractivity contribution in [3.8, 4) is 0 Å². The van der Waals surface area contributed by atoms with Gasteiger partial charge in [-0.1, -0.05) is 12.1 Å². The molecule has 0 bridgehead atoms. The van der Waals surface area contributed by atoms with Crippen molar-refractivity contribution in [3.63, 3.8) is 0 Å².